The van der Waals surface area contributed by atoms with E-state index in [1.54, 1.807) is 30.3 Å². The fourth-order valence-electron chi connectivity index (χ4n) is 2.35. The Labute approximate surface area is 114 Å². The lowest BCUT2D eigenvalue weighted by molar-refractivity contribution is -0.292. The maximum absolute atomic E-state index is 12.1. The summed E-state index contributed by atoms with van der Waals surface area (Å²) in [5, 5.41) is 31.4. The molecule has 0 saturated heterocycles. The predicted molar refractivity (Wildman–Crippen MR) is 68.5 cm³/mol. The number of hydrogen-bond acceptors (Lipinski definition) is 5. The molecule has 2 aromatic rings. The molecule has 5 heteroatoms. The first-order chi connectivity index (χ1) is 9.48. The van der Waals surface area contributed by atoms with E-state index in [0.29, 0.717) is 0 Å². The van der Waals surface area contributed by atoms with E-state index in [4.69, 9.17) is 4.74 Å². The van der Waals surface area contributed by atoms with E-state index in [0.717, 1.165) is 0 Å². The minimum Gasteiger partial charge on any atom is -0.423 e. The van der Waals surface area contributed by atoms with Crippen LogP contribution in [0.15, 0.2) is 54.6 Å². The van der Waals surface area contributed by atoms with Crippen LogP contribution in [0.25, 0.3) is 0 Å². The standard InChI is InChI=1S/C15H12O5/c16-13-14(17,10-6-2-1-3-7-10)15(18,19)11-8-4-5-9-12(11)20-13/h1-9,17-19H. The highest BCUT2D eigenvalue weighted by atomic mass is 16.6. The van der Waals surface area contributed by atoms with Crippen molar-refractivity contribution in [1.29, 1.82) is 0 Å². The van der Waals surface area contributed by atoms with Gasteiger partial charge >= 0.3 is 5.97 Å². The third kappa shape index (κ3) is 1.51. The number of fused-ring (bicyclic) bond motifs is 1. The summed E-state index contributed by atoms with van der Waals surface area (Å²) < 4.78 is 5.03. The summed E-state index contributed by atoms with van der Waals surface area (Å²) in [6, 6.07) is 13.7. The van der Waals surface area contributed by atoms with E-state index < -0.39 is 17.4 Å². The van der Waals surface area contributed by atoms with Crippen LogP contribution in [-0.2, 0) is 16.2 Å². The minimum absolute atomic E-state index is 0.0168. The van der Waals surface area contributed by atoms with Gasteiger partial charge in [-0.25, -0.2) is 4.79 Å². The third-order valence-corrected chi connectivity index (χ3v) is 3.46. The van der Waals surface area contributed by atoms with Crippen molar-refractivity contribution in [3.8, 4) is 5.75 Å². The number of rotatable bonds is 1. The Hall–Kier alpha value is -2.21. The lowest BCUT2D eigenvalue weighted by Crippen LogP contribution is -2.59. The summed E-state index contributed by atoms with van der Waals surface area (Å²) in [4.78, 5) is 12.1. The number of para-hydroxylation sites is 1. The molecule has 0 radical (unpaired) electrons. The molecule has 0 aliphatic carbocycles. The van der Waals surface area contributed by atoms with Gasteiger partial charge in [-0.05, 0) is 12.1 Å². The number of aliphatic hydroxyl groups is 3. The van der Waals surface area contributed by atoms with Crippen LogP contribution in [0, 0.1) is 0 Å². The van der Waals surface area contributed by atoms with Gasteiger partial charge in [0, 0.05) is 5.56 Å². The van der Waals surface area contributed by atoms with Crippen LogP contribution in [0.3, 0.4) is 0 Å². The lowest BCUT2D eigenvalue weighted by atomic mass is 9.79. The Kier molecular flexibility index (Phi) is 2.65. The molecule has 0 spiro atoms. The van der Waals surface area contributed by atoms with E-state index in [-0.39, 0.29) is 16.9 Å². The van der Waals surface area contributed by atoms with Crippen molar-refractivity contribution in [2.45, 2.75) is 11.4 Å². The van der Waals surface area contributed by atoms with Gasteiger partial charge in [-0.2, -0.15) is 0 Å². The van der Waals surface area contributed by atoms with Crippen LogP contribution in [0.1, 0.15) is 11.1 Å². The van der Waals surface area contributed by atoms with Crippen LogP contribution in [0.5, 0.6) is 5.75 Å². The molecule has 1 aliphatic rings. The van der Waals surface area contributed by atoms with Crippen molar-refractivity contribution < 1.29 is 24.9 Å². The molecule has 0 amide bonds. The molecular weight excluding hydrogens is 260 g/mol. The van der Waals surface area contributed by atoms with Crippen molar-refractivity contribution in [1.82, 2.24) is 0 Å². The molecule has 0 bridgehead atoms. The average Bonchev–Trinajstić information content (AvgIpc) is 2.46. The maximum Gasteiger partial charge on any atom is 0.354 e. The smallest absolute Gasteiger partial charge is 0.354 e. The quantitative estimate of drug-likeness (QED) is 0.403. The van der Waals surface area contributed by atoms with Gasteiger partial charge in [0.25, 0.3) is 0 Å². The fourth-order valence-corrected chi connectivity index (χ4v) is 2.35. The topological polar surface area (TPSA) is 87.0 Å². The second-order valence-electron chi connectivity index (χ2n) is 4.63. The molecular formula is C15H12O5. The number of hydrogen-bond donors (Lipinski definition) is 3. The van der Waals surface area contributed by atoms with Crippen LogP contribution in [0.2, 0.25) is 0 Å². The largest absolute Gasteiger partial charge is 0.423 e. The Morgan fingerprint density at radius 3 is 2.15 bits per heavy atom. The van der Waals surface area contributed by atoms with Crippen molar-refractivity contribution in [3.05, 3.63) is 65.7 Å². The molecule has 3 N–H and O–H groups in total. The van der Waals surface area contributed by atoms with Crippen LogP contribution >= 0.6 is 0 Å². The summed E-state index contributed by atoms with van der Waals surface area (Å²) >= 11 is 0. The molecule has 2 aromatic carbocycles. The molecule has 0 aromatic heterocycles. The van der Waals surface area contributed by atoms with E-state index in [9.17, 15) is 20.1 Å². The van der Waals surface area contributed by atoms with Crippen molar-refractivity contribution >= 4 is 5.97 Å². The molecule has 0 fully saturated rings. The third-order valence-electron chi connectivity index (χ3n) is 3.46. The minimum atomic E-state index is -2.78. The van der Waals surface area contributed by atoms with Gasteiger partial charge in [-0.1, -0.05) is 42.5 Å². The van der Waals surface area contributed by atoms with E-state index in [2.05, 4.69) is 0 Å². The van der Waals surface area contributed by atoms with Crippen molar-refractivity contribution in [2.75, 3.05) is 0 Å². The van der Waals surface area contributed by atoms with Crippen molar-refractivity contribution in [3.63, 3.8) is 0 Å². The highest BCUT2D eigenvalue weighted by molar-refractivity contribution is 5.87. The molecule has 102 valence electrons. The molecule has 1 heterocycles. The van der Waals surface area contributed by atoms with Gasteiger partial charge in [0.05, 0.1) is 5.56 Å². The molecule has 5 nitrogen and oxygen atoms in total. The SMILES string of the molecule is O=C1Oc2ccccc2C(O)(O)C1(O)c1ccccc1. The fraction of sp³-hybridized carbons (Fsp3) is 0.133. The predicted octanol–water partition coefficient (Wildman–Crippen LogP) is 0.631. The number of carbonyl (C=O) groups is 1. The van der Waals surface area contributed by atoms with E-state index >= 15 is 0 Å². The van der Waals surface area contributed by atoms with Gasteiger partial charge in [-0.3, -0.25) is 0 Å². The summed E-state index contributed by atoms with van der Waals surface area (Å²) in [5.74, 6) is -3.89. The summed E-state index contributed by atoms with van der Waals surface area (Å²) in [6.45, 7) is 0. The number of esters is 1. The van der Waals surface area contributed by atoms with Gasteiger partial charge in [0.15, 0.2) is 0 Å². The zero-order valence-electron chi connectivity index (χ0n) is 10.4. The maximum atomic E-state index is 12.1. The first-order valence-electron chi connectivity index (χ1n) is 6.02. The number of carbonyl (C=O) groups excluding carboxylic acids is 1. The van der Waals surface area contributed by atoms with E-state index in [1.165, 1.54) is 24.3 Å². The Bertz CT molecular complexity index is 665. The van der Waals surface area contributed by atoms with Crippen LogP contribution < -0.4 is 4.74 Å². The molecule has 0 saturated carbocycles. The molecule has 3 rings (SSSR count). The van der Waals surface area contributed by atoms with Gasteiger partial charge < -0.3 is 20.1 Å². The average molecular weight is 272 g/mol. The first kappa shape index (κ1) is 12.8. The Balaban J connectivity index is 2.25. The summed E-state index contributed by atoms with van der Waals surface area (Å²) in [7, 11) is 0. The number of benzene rings is 2. The molecule has 1 atom stereocenters. The first-order valence-corrected chi connectivity index (χ1v) is 6.02. The molecule has 20 heavy (non-hydrogen) atoms. The molecule has 1 aliphatic heterocycles. The monoisotopic (exact) mass is 272 g/mol. The van der Waals surface area contributed by atoms with Crippen LogP contribution in [0.4, 0.5) is 0 Å². The van der Waals surface area contributed by atoms with Gasteiger partial charge in [0.2, 0.25) is 11.4 Å². The van der Waals surface area contributed by atoms with E-state index in [1.807, 2.05) is 0 Å². The zero-order chi connectivity index (χ0) is 14.4. The summed E-state index contributed by atoms with van der Waals surface area (Å²) in [5.41, 5.74) is -2.60. The van der Waals surface area contributed by atoms with Gasteiger partial charge in [0.1, 0.15) is 5.75 Å². The normalized spacial score (nSPS) is 23.9. The second-order valence-corrected chi connectivity index (χ2v) is 4.63. The zero-order valence-corrected chi connectivity index (χ0v) is 10.4. The molecule has 1 unspecified atom stereocenters. The summed E-state index contributed by atoms with van der Waals surface area (Å²) in [6.07, 6.45) is 0. The second kappa shape index (κ2) is 4.14. The van der Waals surface area contributed by atoms with Crippen LogP contribution in [-0.4, -0.2) is 21.3 Å². The number of ether oxygens (including phenoxy) is 1. The van der Waals surface area contributed by atoms with Gasteiger partial charge in [-0.15, -0.1) is 0 Å². The highest BCUT2D eigenvalue weighted by Gasteiger charge is 2.62. The Morgan fingerprint density at radius 1 is 0.850 bits per heavy atom. The van der Waals surface area contributed by atoms with Crippen molar-refractivity contribution in [2.24, 2.45) is 0 Å². The Morgan fingerprint density at radius 2 is 1.45 bits per heavy atom. The lowest BCUT2D eigenvalue weighted by Gasteiger charge is -2.41. The highest BCUT2D eigenvalue weighted by Crippen LogP contribution is 2.46.